The quantitative estimate of drug-likeness (QED) is 0.484. The molecule has 0 amide bonds. The molecule has 0 aliphatic carbocycles. The SMILES string of the molecule is COCC1CCN2C(C1)C1CC(COC)CCN1C21N2CC[C@H](COC)CC2[C@@H]2C[C@@H](COC)CCN21. The van der Waals surface area contributed by atoms with Gasteiger partial charge in [-0.3, -0.25) is 19.6 Å². The fraction of sp³-hybridized carbons (Fsp3) is 1.00. The lowest BCUT2D eigenvalue weighted by Gasteiger charge is -2.56. The normalized spacial score (nSPS) is 45.1. The molecule has 1 spiro atoms. The molecule has 37 heavy (non-hydrogen) atoms. The molecule has 0 aromatic carbocycles. The van der Waals surface area contributed by atoms with E-state index >= 15 is 0 Å². The van der Waals surface area contributed by atoms with E-state index in [9.17, 15) is 0 Å². The van der Waals surface area contributed by atoms with Crippen LogP contribution in [0.1, 0.15) is 51.4 Å². The van der Waals surface area contributed by atoms with Gasteiger partial charge in [-0.05, 0) is 75.0 Å². The zero-order valence-corrected chi connectivity index (χ0v) is 23.9. The van der Waals surface area contributed by atoms with E-state index in [4.69, 9.17) is 18.9 Å². The van der Waals surface area contributed by atoms with E-state index in [1.807, 2.05) is 28.4 Å². The van der Waals surface area contributed by atoms with E-state index < -0.39 is 0 Å². The fourth-order valence-corrected chi connectivity index (χ4v) is 9.78. The Bertz CT molecular complexity index is 647. The van der Waals surface area contributed by atoms with E-state index in [2.05, 4.69) is 19.6 Å². The molecular formula is C29H52N4O4. The van der Waals surface area contributed by atoms with Crippen LogP contribution in [0.3, 0.4) is 0 Å². The third kappa shape index (κ3) is 4.42. The Morgan fingerprint density at radius 1 is 0.459 bits per heavy atom. The van der Waals surface area contributed by atoms with Gasteiger partial charge in [0.15, 0.2) is 5.91 Å². The van der Waals surface area contributed by atoms with Crippen molar-refractivity contribution in [2.75, 3.05) is 81.0 Å². The van der Waals surface area contributed by atoms with Gasteiger partial charge in [0.25, 0.3) is 0 Å². The molecule has 0 radical (unpaired) electrons. The number of fused-ring (bicyclic) bond motifs is 10. The summed E-state index contributed by atoms with van der Waals surface area (Å²) < 4.78 is 22.7. The van der Waals surface area contributed by atoms with Crippen molar-refractivity contribution in [3.63, 3.8) is 0 Å². The van der Waals surface area contributed by atoms with Crippen LogP contribution in [0, 0.1) is 23.7 Å². The first-order valence-corrected chi connectivity index (χ1v) is 15.2. The summed E-state index contributed by atoms with van der Waals surface area (Å²) in [4.78, 5) is 12.1. The molecule has 8 nitrogen and oxygen atoms in total. The molecule has 0 aromatic rings. The average molecular weight is 521 g/mol. The highest BCUT2D eigenvalue weighted by molar-refractivity contribution is 5.18. The monoisotopic (exact) mass is 520 g/mol. The van der Waals surface area contributed by atoms with Gasteiger partial charge in [-0.15, -0.1) is 0 Å². The summed E-state index contributed by atoms with van der Waals surface area (Å²) in [5.74, 6) is 2.67. The zero-order chi connectivity index (χ0) is 25.6. The Hall–Kier alpha value is -0.320. The zero-order valence-electron chi connectivity index (χ0n) is 23.9. The van der Waals surface area contributed by atoms with Crippen molar-refractivity contribution in [1.82, 2.24) is 19.6 Å². The molecule has 6 fully saturated rings. The summed E-state index contributed by atoms with van der Waals surface area (Å²) in [6.45, 7) is 8.38. The summed E-state index contributed by atoms with van der Waals surface area (Å²) in [5.41, 5.74) is 0. The molecule has 8 atom stereocenters. The minimum Gasteiger partial charge on any atom is -0.384 e. The van der Waals surface area contributed by atoms with Crippen LogP contribution in [0.25, 0.3) is 0 Å². The molecule has 0 bridgehead atoms. The van der Waals surface area contributed by atoms with Gasteiger partial charge in [-0.25, -0.2) is 0 Å². The summed E-state index contributed by atoms with van der Waals surface area (Å²) in [6, 6.07) is 2.45. The number of piperidine rings is 4. The smallest absolute Gasteiger partial charge is 0.193 e. The second-order valence-electron chi connectivity index (χ2n) is 13.0. The predicted molar refractivity (Wildman–Crippen MR) is 143 cm³/mol. The minimum atomic E-state index is -0.0448. The predicted octanol–water partition coefficient (Wildman–Crippen LogP) is 2.53. The summed E-state index contributed by atoms with van der Waals surface area (Å²) >= 11 is 0. The summed E-state index contributed by atoms with van der Waals surface area (Å²) in [7, 11) is 7.52. The molecule has 6 aliphatic heterocycles. The van der Waals surface area contributed by atoms with Crippen molar-refractivity contribution < 1.29 is 18.9 Å². The molecule has 5 unspecified atom stereocenters. The van der Waals surface area contributed by atoms with Crippen LogP contribution in [-0.4, -0.2) is 131 Å². The number of hydrogen-bond donors (Lipinski definition) is 0. The maximum atomic E-state index is 5.69. The van der Waals surface area contributed by atoms with E-state index in [1.54, 1.807) is 0 Å². The molecule has 6 rings (SSSR count). The first-order valence-electron chi connectivity index (χ1n) is 15.2. The van der Waals surface area contributed by atoms with Crippen LogP contribution >= 0.6 is 0 Å². The first-order chi connectivity index (χ1) is 18.1. The standard InChI is InChI=1S/C29H52N4O4/c1-34-17-21-5-9-30-25(13-21)26-14-22(18-35-2)6-10-31(26)29(30)32-11-7-23(19-36-3)15-27(32)28-16-24(20-37-4)8-12-33(28)29/h21-28H,5-20H2,1-4H3/t21-,22-,23?,24?,25-,26?,27?,28?,29?/m0/s1. The lowest BCUT2D eigenvalue weighted by molar-refractivity contribution is -0.221. The van der Waals surface area contributed by atoms with Gasteiger partial charge in [0.2, 0.25) is 0 Å². The Kier molecular flexibility index (Phi) is 8.19. The molecule has 0 aromatic heterocycles. The molecule has 0 N–H and O–H groups in total. The van der Waals surface area contributed by atoms with Crippen molar-refractivity contribution in [2.45, 2.75) is 81.4 Å². The van der Waals surface area contributed by atoms with Gasteiger partial charge in [0.1, 0.15) is 0 Å². The second-order valence-corrected chi connectivity index (χ2v) is 13.0. The topological polar surface area (TPSA) is 49.9 Å². The van der Waals surface area contributed by atoms with Gasteiger partial charge < -0.3 is 18.9 Å². The van der Waals surface area contributed by atoms with Crippen molar-refractivity contribution in [1.29, 1.82) is 0 Å². The van der Waals surface area contributed by atoms with Crippen LogP contribution in [0.5, 0.6) is 0 Å². The summed E-state index contributed by atoms with van der Waals surface area (Å²) in [5, 5.41) is 0. The van der Waals surface area contributed by atoms with Crippen LogP contribution in [0.4, 0.5) is 0 Å². The van der Waals surface area contributed by atoms with Crippen molar-refractivity contribution in [3.05, 3.63) is 0 Å². The molecule has 8 heteroatoms. The number of methoxy groups -OCH3 is 4. The number of hydrogen-bond acceptors (Lipinski definition) is 8. The summed E-state index contributed by atoms with van der Waals surface area (Å²) in [6.07, 6.45) is 10.1. The van der Waals surface area contributed by atoms with Crippen LogP contribution in [0.2, 0.25) is 0 Å². The van der Waals surface area contributed by atoms with E-state index in [-0.39, 0.29) is 5.91 Å². The Morgan fingerprint density at radius 3 is 0.919 bits per heavy atom. The van der Waals surface area contributed by atoms with Crippen molar-refractivity contribution in [2.24, 2.45) is 23.7 Å². The molecule has 6 aliphatic rings. The third-order valence-corrected chi connectivity index (χ3v) is 11.1. The Morgan fingerprint density at radius 2 is 0.703 bits per heavy atom. The molecular weight excluding hydrogens is 468 g/mol. The highest BCUT2D eigenvalue weighted by atomic mass is 16.5. The Labute approximate surface area is 224 Å². The first kappa shape index (κ1) is 26.9. The van der Waals surface area contributed by atoms with E-state index in [0.717, 1.165) is 26.4 Å². The maximum absolute atomic E-state index is 5.69. The van der Waals surface area contributed by atoms with E-state index in [0.29, 0.717) is 47.8 Å². The lowest BCUT2D eigenvalue weighted by Crippen LogP contribution is -2.73. The highest BCUT2D eigenvalue weighted by Crippen LogP contribution is 2.56. The van der Waals surface area contributed by atoms with Crippen molar-refractivity contribution in [3.8, 4) is 0 Å². The van der Waals surface area contributed by atoms with Crippen LogP contribution < -0.4 is 0 Å². The number of rotatable bonds is 8. The third-order valence-electron chi connectivity index (χ3n) is 11.1. The Balaban J connectivity index is 1.37. The van der Waals surface area contributed by atoms with E-state index in [1.165, 1.54) is 77.5 Å². The highest BCUT2D eigenvalue weighted by Gasteiger charge is 2.71. The minimum absolute atomic E-state index is 0.0448. The number of nitrogens with zero attached hydrogens (tertiary/aromatic N) is 4. The molecule has 212 valence electrons. The number of ether oxygens (including phenoxy) is 4. The van der Waals surface area contributed by atoms with Crippen molar-refractivity contribution >= 4 is 0 Å². The van der Waals surface area contributed by atoms with Gasteiger partial charge >= 0.3 is 0 Å². The lowest BCUT2D eigenvalue weighted by atomic mass is 9.83. The van der Waals surface area contributed by atoms with Gasteiger partial charge in [-0.2, -0.15) is 0 Å². The molecule has 0 saturated carbocycles. The molecule has 6 saturated heterocycles. The largest absolute Gasteiger partial charge is 0.384 e. The molecule has 6 heterocycles. The van der Waals surface area contributed by atoms with Crippen LogP contribution in [-0.2, 0) is 18.9 Å². The second kappa shape index (κ2) is 11.3. The van der Waals surface area contributed by atoms with Gasteiger partial charge in [-0.1, -0.05) is 0 Å². The van der Waals surface area contributed by atoms with Gasteiger partial charge in [0, 0.05) is 105 Å². The van der Waals surface area contributed by atoms with Crippen LogP contribution in [0.15, 0.2) is 0 Å². The van der Waals surface area contributed by atoms with Gasteiger partial charge in [0.05, 0.1) is 0 Å². The average Bonchev–Trinajstić information content (AvgIpc) is 3.35. The maximum Gasteiger partial charge on any atom is 0.193 e. The fourth-order valence-electron chi connectivity index (χ4n) is 9.78.